The summed E-state index contributed by atoms with van der Waals surface area (Å²) in [7, 11) is 0. The number of aromatic nitrogens is 3. The summed E-state index contributed by atoms with van der Waals surface area (Å²) in [6, 6.07) is 3.69. The van der Waals surface area contributed by atoms with Gasteiger partial charge < -0.3 is 10.3 Å². The SMILES string of the molecule is Cl.Cl.O=c1[nH]c(-c2ccncc2)nc2c1CCNCC2. The van der Waals surface area contributed by atoms with Crippen LogP contribution in [0, 0.1) is 0 Å². The average molecular weight is 315 g/mol. The summed E-state index contributed by atoms with van der Waals surface area (Å²) in [6.45, 7) is 1.71. The van der Waals surface area contributed by atoms with Gasteiger partial charge in [0.1, 0.15) is 5.82 Å². The molecule has 0 aromatic carbocycles. The van der Waals surface area contributed by atoms with Crippen LogP contribution in [0.2, 0.25) is 0 Å². The summed E-state index contributed by atoms with van der Waals surface area (Å²) in [4.78, 5) is 23.5. The van der Waals surface area contributed by atoms with Crippen molar-refractivity contribution in [3.63, 3.8) is 0 Å². The Kier molecular flexibility index (Phi) is 6.13. The molecule has 0 spiro atoms. The minimum atomic E-state index is -0.0180. The Morgan fingerprint density at radius 1 is 1.05 bits per heavy atom. The summed E-state index contributed by atoms with van der Waals surface area (Å²) >= 11 is 0. The Hall–Kier alpha value is -1.43. The molecule has 2 aromatic heterocycles. The third kappa shape index (κ3) is 3.36. The van der Waals surface area contributed by atoms with E-state index in [1.165, 1.54) is 0 Å². The van der Waals surface area contributed by atoms with Gasteiger partial charge in [0.15, 0.2) is 0 Å². The zero-order valence-corrected chi connectivity index (χ0v) is 12.4. The molecule has 0 atom stereocenters. The fraction of sp³-hybridized carbons (Fsp3) is 0.308. The molecule has 0 amide bonds. The van der Waals surface area contributed by atoms with E-state index in [0.29, 0.717) is 5.82 Å². The van der Waals surface area contributed by atoms with Gasteiger partial charge in [-0.25, -0.2) is 4.98 Å². The molecule has 2 N–H and O–H groups in total. The number of nitrogens with zero attached hydrogens (tertiary/aromatic N) is 2. The zero-order valence-electron chi connectivity index (χ0n) is 10.8. The molecule has 7 heteroatoms. The van der Waals surface area contributed by atoms with Crippen LogP contribution >= 0.6 is 24.8 Å². The van der Waals surface area contributed by atoms with E-state index in [1.807, 2.05) is 12.1 Å². The molecule has 0 bridgehead atoms. The molecule has 5 nitrogen and oxygen atoms in total. The molecule has 0 aliphatic carbocycles. The van der Waals surface area contributed by atoms with Crippen LogP contribution in [-0.2, 0) is 12.8 Å². The Balaban J connectivity index is 0.000001000. The molecule has 1 aliphatic heterocycles. The van der Waals surface area contributed by atoms with Crippen molar-refractivity contribution >= 4 is 24.8 Å². The molecule has 3 heterocycles. The predicted octanol–water partition coefficient (Wildman–Crippen LogP) is 1.36. The lowest BCUT2D eigenvalue weighted by atomic mass is 10.1. The van der Waals surface area contributed by atoms with Crippen molar-refractivity contribution in [3.05, 3.63) is 46.1 Å². The fourth-order valence-electron chi connectivity index (χ4n) is 2.20. The topological polar surface area (TPSA) is 70.7 Å². The van der Waals surface area contributed by atoms with E-state index in [9.17, 15) is 4.79 Å². The van der Waals surface area contributed by atoms with E-state index in [1.54, 1.807) is 12.4 Å². The van der Waals surface area contributed by atoms with Crippen LogP contribution < -0.4 is 10.9 Å². The number of aromatic amines is 1. The van der Waals surface area contributed by atoms with Crippen molar-refractivity contribution in [1.82, 2.24) is 20.3 Å². The van der Waals surface area contributed by atoms with Crippen LogP contribution in [0.25, 0.3) is 11.4 Å². The summed E-state index contributed by atoms with van der Waals surface area (Å²) in [5, 5.41) is 3.28. The van der Waals surface area contributed by atoms with E-state index in [0.717, 1.165) is 42.8 Å². The van der Waals surface area contributed by atoms with Crippen LogP contribution in [-0.4, -0.2) is 28.0 Å². The second-order valence-corrected chi connectivity index (χ2v) is 4.33. The van der Waals surface area contributed by atoms with Gasteiger partial charge in [-0.05, 0) is 25.1 Å². The maximum atomic E-state index is 12.1. The number of rotatable bonds is 1. The van der Waals surface area contributed by atoms with Crippen molar-refractivity contribution < 1.29 is 0 Å². The number of hydrogen-bond donors (Lipinski definition) is 2. The quantitative estimate of drug-likeness (QED) is 0.834. The number of hydrogen-bond acceptors (Lipinski definition) is 4. The van der Waals surface area contributed by atoms with Crippen LogP contribution in [0.4, 0.5) is 0 Å². The van der Waals surface area contributed by atoms with E-state index in [4.69, 9.17) is 0 Å². The molecule has 1 aliphatic rings. The van der Waals surface area contributed by atoms with Crippen LogP contribution in [0.15, 0.2) is 29.3 Å². The second kappa shape index (κ2) is 7.38. The first-order valence-corrected chi connectivity index (χ1v) is 6.08. The lowest BCUT2D eigenvalue weighted by Gasteiger charge is -2.06. The van der Waals surface area contributed by atoms with Crippen molar-refractivity contribution in [2.24, 2.45) is 0 Å². The van der Waals surface area contributed by atoms with E-state index in [-0.39, 0.29) is 30.4 Å². The zero-order chi connectivity index (χ0) is 12.4. The minimum Gasteiger partial charge on any atom is -0.316 e. The highest BCUT2D eigenvalue weighted by molar-refractivity contribution is 5.85. The van der Waals surface area contributed by atoms with E-state index < -0.39 is 0 Å². The van der Waals surface area contributed by atoms with Crippen molar-refractivity contribution in [2.45, 2.75) is 12.8 Å². The predicted molar refractivity (Wildman–Crippen MR) is 82.9 cm³/mol. The summed E-state index contributed by atoms with van der Waals surface area (Å²) in [6.07, 6.45) is 4.94. The van der Waals surface area contributed by atoms with Gasteiger partial charge in [0, 0.05) is 36.5 Å². The summed E-state index contributed by atoms with van der Waals surface area (Å²) in [5.74, 6) is 0.628. The van der Waals surface area contributed by atoms with Gasteiger partial charge in [-0.2, -0.15) is 0 Å². The maximum Gasteiger partial charge on any atom is 0.254 e. The van der Waals surface area contributed by atoms with Crippen molar-refractivity contribution in [3.8, 4) is 11.4 Å². The first-order chi connectivity index (χ1) is 8.84. The Morgan fingerprint density at radius 3 is 2.50 bits per heavy atom. The standard InChI is InChI=1S/C13H14N4O.2ClH/c18-13-10-3-7-15-8-4-11(10)16-12(17-13)9-1-5-14-6-2-9;;/h1-2,5-6,15H,3-4,7-8H2,(H,16,17,18);2*1H. The molecule has 0 radical (unpaired) electrons. The molecule has 0 saturated heterocycles. The lowest BCUT2D eigenvalue weighted by Crippen LogP contribution is -2.19. The van der Waals surface area contributed by atoms with Gasteiger partial charge in [0.05, 0.1) is 5.69 Å². The normalized spacial score (nSPS) is 13.4. The molecule has 20 heavy (non-hydrogen) atoms. The highest BCUT2D eigenvalue weighted by atomic mass is 35.5. The molecule has 0 unspecified atom stereocenters. The summed E-state index contributed by atoms with van der Waals surface area (Å²) < 4.78 is 0. The number of nitrogens with one attached hydrogen (secondary N) is 2. The second-order valence-electron chi connectivity index (χ2n) is 4.33. The molecule has 3 rings (SSSR count). The molecule has 2 aromatic rings. The number of pyridine rings is 1. The number of fused-ring (bicyclic) bond motifs is 1. The first kappa shape index (κ1) is 16.6. The van der Waals surface area contributed by atoms with Crippen LogP contribution in [0.3, 0.4) is 0 Å². The van der Waals surface area contributed by atoms with Gasteiger partial charge in [0.25, 0.3) is 5.56 Å². The van der Waals surface area contributed by atoms with Crippen molar-refractivity contribution in [2.75, 3.05) is 13.1 Å². The highest BCUT2D eigenvalue weighted by Crippen LogP contribution is 2.14. The van der Waals surface area contributed by atoms with E-state index in [2.05, 4.69) is 20.3 Å². The molecule has 0 fully saturated rings. The lowest BCUT2D eigenvalue weighted by molar-refractivity contribution is 0.708. The Bertz CT molecular complexity index is 616. The highest BCUT2D eigenvalue weighted by Gasteiger charge is 2.14. The Morgan fingerprint density at radius 2 is 1.75 bits per heavy atom. The number of H-pyrrole nitrogens is 1. The molecule has 108 valence electrons. The smallest absolute Gasteiger partial charge is 0.254 e. The van der Waals surface area contributed by atoms with Gasteiger partial charge in [-0.1, -0.05) is 0 Å². The molecule has 0 saturated carbocycles. The average Bonchev–Trinajstić information content (AvgIpc) is 2.65. The third-order valence-electron chi connectivity index (χ3n) is 3.15. The minimum absolute atomic E-state index is 0. The van der Waals surface area contributed by atoms with Gasteiger partial charge in [-0.15, -0.1) is 24.8 Å². The first-order valence-electron chi connectivity index (χ1n) is 6.08. The van der Waals surface area contributed by atoms with E-state index >= 15 is 0 Å². The maximum absolute atomic E-state index is 12.1. The van der Waals surface area contributed by atoms with Gasteiger partial charge in [-0.3, -0.25) is 9.78 Å². The van der Waals surface area contributed by atoms with Gasteiger partial charge >= 0.3 is 0 Å². The fourth-order valence-corrected chi connectivity index (χ4v) is 2.20. The monoisotopic (exact) mass is 314 g/mol. The van der Waals surface area contributed by atoms with Gasteiger partial charge in [0.2, 0.25) is 0 Å². The Labute approximate surface area is 129 Å². The largest absolute Gasteiger partial charge is 0.316 e. The molecular weight excluding hydrogens is 299 g/mol. The summed E-state index contributed by atoms with van der Waals surface area (Å²) in [5.41, 5.74) is 2.60. The molecular formula is C13H16Cl2N4O. The van der Waals surface area contributed by atoms with Crippen molar-refractivity contribution in [1.29, 1.82) is 0 Å². The van der Waals surface area contributed by atoms with Crippen LogP contribution in [0.1, 0.15) is 11.3 Å². The third-order valence-corrected chi connectivity index (χ3v) is 3.15. The van der Waals surface area contributed by atoms with Crippen LogP contribution in [0.5, 0.6) is 0 Å². The number of halogens is 2.